The maximum atomic E-state index is 11.2. The molecule has 19 heavy (non-hydrogen) atoms. The molecule has 0 aliphatic carbocycles. The van der Waals surface area contributed by atoms with E-state index in [4.69, 9.17) is 0 Å². The zero-order chi connectivity index (χ0) is 13.7. The minimum atomic E-state index is -0.484. The summed E-state index contributed by atoms with van der Waals surface area (Å²) in [7, 11) is 0. The van der Waals surface area contributed by atoms with Crippen molar-refractivity contribution in [3.05, 3.63) is 40.8 Å². The summed E-state index contributed by atoms with van der Waals surface area (Å²) in [6.07, 6.45) is 3.72. The zero-order valence-corrected chi connectivity index (χ0v) is 10.4. The first-order valence-corrected chi connectivity index (χ1v) is 5.88. The third-order valence-electron chi connectivity index (χ3n) is 2.45. The number of nitrogens with zero attached hydrogens (tertiary/aromatic N) is 4. The second-order valence-corrected chi connectivity index (χ2v) is 3.82. The van der Waals surface area contributed by atoms with Crippen LogP contribution in [0.15, 0.2) is 30.7 Å². The van der Waals surface area contributed by atoms with Gasteiger partial charge < -0.3 is 5.32 Å². The van der Waals surface area contributed by atoms with Crippen molar-refractivity contribution in [1.29, 1.82) is 0 Å². The molecule has 0 saturated carbocycles. The first-order valence-electron chi connectivity index (χ1n) is 5.88. The van der Waals surface area contributed by atoms with Gasteiger partial charge in [0.05, 0.1) is 10.6 Å². The molecule has 7 nitrogen and oxygen atoms in total. The van der Waals surface area contributed by atoms with Gasteiger partial charge in [0.1, 0.15) is 6.33 Å². The van der Waals surface area contributed by atoms with Gasteiger partial charge in [0.15, 0.2) is 5.69 Å². The second kappa shape index (κ2) is 5.85. The highest BCUT2D eigenvalue weighted by atomic mass is 16.6. The number of nitro groups is 1. The lowest BCUT2D eigenvalue weighted by atomic mass is 10.2. The van der Waals surface area contributed by atoms with Crippen molar-refractivity contribution >= 4 is 11.5 Å². The number of rotatable bonds is 5. The normalized spacial score (nSPS) is 10.2. The van der Waals surface area contributed by atoms with Gasteiger partial charge in [-0.2, -0.15) is 0 Å². The number of hydrogen-bond donors (Lipinski definition) is 1. The molecule has 0 fully saturated rings. The molecule has 7 heteroatoms. The lowest BCUT2D eigenvalue weighted by Crippen LogP contribution is -2.07. The molecule has 2 rings (SSSR count). The van der Waals surface area contributed by atoms with Crippen molar-refractivity contribution in [1.82, 2.24) is 15.0 Å². The van der Waals surface area contributed by atoms with E-state index in [1.165, 1.54) is 6.33 Å². The average Bonchev–Trinajstić information content (AvgIpc) is 2.45. The smallest absolute Gasteiger partial charge is 0.338 e. The van der Waals surface area contributed by atoms with Gasteiger partial charge in [0, 0.05) is 12.7 Å². The Morgan fingerprint density at radius 3 is 2.79 bits per heavy atom. The van der Waals surface area contributed by atoms with Crippen LogP contribution in [0, 0.1) is 10.1 Å². The van der Waals surface area contributed by atoms with Gasteiger partial charge in [-0.1, -0.05) is 13.0 Å². The van der Waals surface area contributed by atoms with E-state index in [0.29, 0.717) is 12.2 Å². The van der Waals surface area contributed by atoms with Crippen LogP contribution in [0.25, 0.3) is 11.4 Å². The summed E-state index contributed by atoms with van der Waals surface area (Å²) in [5.41, 5.74) is 0.532. The van der Waals surface area contributed by atoms with Gasteiger partial charge in [0.25, 0.3) is 0 Å². The molecule has 2 heterocycles. The fraction of sp³-hybridized carbons (Fsp3) is 0.250. The third kappa shape index (κ3) is 2.82. The average molecular weight is 259 g/mol. The van der Waals surface area contributed by atoms with E-state index in [2.05, 4.69) is 20.3 Å². The van der Waals surface area contributed by atoms with Crippen LogP contribution in [0.1, 0.15) is 13.3 Å². The summed E-state index contributed by atoms with van der Waals surface area (Å²) in [4.78, 5) is 22.8. The number of aromatic nitrogens is 3. The summed E-state index contributed by atoms with van der Waals surface area (Å²) in [5, 5.41) is 14.2. The highest BCUT2D eigenvalue weighted by Crippen LogP contribution is 2.31. The monoisotopic (exact) mass is 259 g/mol. The van der Waals surface area contributed by atoms with Crippen LogP contribution in [0.3, 0.4) is 0 Å². The summed E-state index contributed by atoms with van der Waals surface area (Å²) >= 11 is 0. The Labute approximate surface area is 109 Å². The summed E-state index contributed by atoms with van der Waals surface area (Å²) in [5.74, 6) is 0.225. The Morgan fingerprint density at radius 2 is 2.16 bits per heavy atom. The van der Waals surface area contributed by atoms with Crippen LogP contribution < -0.4 is 5.32 Å². The number of pyridine rings is 1. The first kappa shape index (κ1) is 12.9. The fourth-order valence-electron chi connectivity index (χ4n) is 1.61. The molecule has 2 aromatic heterocycles. The Kier molecular flexibility index (Phi) is 3.97. The molecule has 0 bridgehead atoms. The van der Waals surface area contributed by atoms with E-state index in [1.54, 1.807) is 24.4 Å². The minimum Gasteiger partial charge on any atom is -0.364 e. The molecule has 0 amide bonds. The number of nitrogens with one attached hydrogen (secondary N) is 1. The summed E-state index contributed by atoms with van der Waals surface area (Å²) in [6, 6.07) is 5.18. The molecule has 0 saturated heterocycles. The molecule has 2 aromatic rings. The standard InChI is InChI=1S/C12H13N5O2/c1-2-6-14-12-11(17(18)19)10(15-8-16-12)9-5-3-4-7-13-9/h3-5,7-8H,2,6H2,1H3,(H,14,15,16). The van der Waals surface area contributed by atoms with Gasteiger partial charge in [-0.3, -0.25) is 15.1 Å². The highest BCUT2D eigenvalue weighted by Gasteiger charge is 2.24. The molecule has 0 radical (unpaired) electrons. The van der Waals surface area contributed by atoms with Crippen molar-refractivity contribution in [2.45, 2.75) is 13.3 Å². The van der Waals surface area contributed by atoms with Crippen LogP contribution in [-0.4, -0.2) is 26.4 Å². The van der Waals surface area contributed by atoms with Crippen molar-refractivity contribution in [2.75, 3.05) is 11.9 Å². The Hall–Kier alpha value is -2.57. The Bertz CT molecular complexity index is 574. The van der Waals surface area contributed by atoms with Crippen LogP contribution in [-0.2, 0) is 0 Å². The fourth-order valence-corrected chi connectivity index (χ4v) is 1.61. The van der Waals surface area contributed by atoms with Crippen LogP contribution in [0.2, 0.25) is 0 Å². The zero-order valence-electron chi connectivity index (χ0n) is 10.4. The number of hydrogen-bond acceptors (Lipinski definition) is 6. The first-order chi connectivity index (χ1) is 9.24. The van der Waals surface area contributed by atoms with Gasteiger partial charge in [-0.15, -0.1) is 0 Å². The van der Waals surface area contributed by atoms with Crippen molar-refractivity contribution < 1.29 is 4.92 Å². The van der Waals surface area contributed by atoms with Gasteiger partial charge in [-0.05, 0) is 18.6 Å². The maximum Gasteiger partial charge on any atom is 0.338 e. The van der Waals surface area contributed by atoms with E-state index in [1.807, 2.05) is 6.92 Å². The lowest BCUT2D eigenvalue weighted by Gasteiger charge is -2.07. The highest BCUT2D eigenvalue weighted by molar-refractivity contribution is 5.74. The molecule has 0 aliphatic heterocycles. The van der Waals surface area contributed by atoms with Gasteiger partial charge >= 0.3 is 5.69 Å². The molecule has 0 spiro atoms. The van der Waals surface area contributed by atoms with Crippen molar-refractivity contribution in [2.24, 2.45) is 0 Å². The topological polar surface area (TPSA) is 93.8 Å². The van der Waals surface area contributed by atoms with E-state index < -0.39 is 4.92 Å². The molecule has 0 unspecified atom stereocenters. The van der Waals surface area contributed by atoms with Crippen LogP contribution >= 0.6 is 0 Å². The van der Waals surface area contributed by atoms with E-state index in [0.717, 1.165) is 6.42 Å². The molecule has 1 N–H and O–H groups in total. The number of anilines is 1. The molecule has 0 atom stereocenters. The van der Waals surface area contributed by atoms with Crippen LogP contribution in [0.5, 0.6) is 0 Å². The SMILES string of the molecule is CCCNc1ncnc(-c2ccccn2)c1[N+](=O)[O-]. The largest absolute Gasteiger partial charge is 0.364 e. The maximum absolute atomic E-state index is 11.2. The Balaban J connectivity index is 2.52. The molecular formula is C12H13N5O2. The van der Waals surface area contributed by atoms with Crippen LogP contribution in [0.4, 0.5) is 11.5 Å². The molecular weight excluding hydrogens is 246 g/mol. The van der Waals surface area contributed by atoms with E-state index in [9.17, 15) is 10.1 Å². The predicted molar refractivity (Wildman–Crippen MR) is 70.7 cm³/mol. The van der Waals surface area contributed by atoms with E-state index >= 15 is 0 Å². The molecule has 98 valence electrons. The Morgan fingerprint density at radius 1 is 1.32 bits per heavy atom. The molecule has 0 aliphatic rings. The van der Waals surface area contributed by atoms with Gasteiger partial charge in [0.2, 0.25) is 5.82 Å². The summed E-state index contributed by atoms with van der Waals surface area (Å²) in [6.45, 7) is 2.58. The van der Waals surface area contributed by atoms with Crippen molar-refractivity contribution in [3.63, 3.8) is 0 Å². The second-order valence-electron chi connectivity index (χ2n) is 3.82. The third-order valence-corrected chi connectivity index (χ3v) is 2.45. The summed E-state index contributed by atoms with van der Waals surface area (Å²) < 4.78 is 0. The van der Waals surface area contributed by atoms with Crippen molar-refractivity contribution in [3.8, 4) is 11.4 Å². The lowest BCUT2D eigenvalue weighted by molar-refractivity contribution is -0.383. The minimum absolute atomic E-state index is 0.144. The predicted octanol–water partition coefficient (Wildman–Crippen LogP) is 2.27. The van der Waals surface area contributed by atoms with Gasteiger partial charge in [-0.25, -0.2) is 9.97 Å². The molecule has 0 aromatic carbocycles. The quantitative estimate of drug-likeness (QED) is 0.653. The van der Waals surface area contributed by atoms with E-state index in [-0.39, 0.29) is 17.2 Å².